The Labute approximate surface area is 123 Å². The summed E-state index contributed by atoms with van der Waals surface area (Å²) in [6.07, 6.45) is 3.70. The second-order valence-corrected chi connectivity index (χ2v) is 4.41. The number of hydrogen-bond donors (Lipinski definition) is 2. The molecule has 2 rings (SSSR count). The lowest BCUT2D eigenvalue weighted by Gasteiger charge is -2.06. The van der Waals surface area contributed by atoms with Crippen molar-refractivity contribution in [3.63, 3.8) is 0 Å². The fourth-order valence-corrected chi connectivity index (χ4v) is 1.84. The largest absolute Gasteiger partial charge is 0.358 e. The highest BCUT2D eigenvalue weighted by Gasteiger charge is 2.01. The van der Waals surface area contributed by atoms with Crippen molar-refractivity contribution in [1.29, 1.82) is 0 Å². The van der Waals surface area contributed by atoms with Crippen LogP contribution in [0.2, 0.25) is 5.02 Å². The number of benzene rings is 1. The molecule has 6 heteroatoms. The summed E-state index contributed by atoms with van der Waals surface area (Å²) in [7, 11) is 3.46. The van der Waals surface area contributed by atoms with E-state index in [2.05, 4.69) is 20.8 Å². The van der Waals surface area contributed by atoms with Crippen molar-refractivity contribution >= 4 is 23.8 Å². The zero-order valence-corrected chi connectivity index (χ0v) is 12.1. The van der Waals surface area contributed by atoms with E-state index in [1.165, 1.54) is 0 Å². The maximum Gasteiger partial charge on any atom is 0.211 e. The highest BCUT2D eigenvalue weighted by molar-refractivity contribution is 6.30. The van der Waals surface area contributed by atoms with Gasteiger partial charge in [-0.3, -0.25) is 4.99 Å². The number of hydrogen-bond acceptors (Lipinski definition) is 2. The first-order valence-corrected chi connectivity index (χ1v) is 6.49. The van der Waals surface area contributed by atoms with E-state index >= 15 is 0 Å². The number of aromatic nitrogens is 1. The molecule has 20 heavy (non-hydrogen) atoms. The number of nitrogens with zero attached hydrogens (tertiary/aromatic N) is 3. The number of rotatable bonds is 3. The van der Waals surface area contributed by atoms with E-state index in [1.807, 2.05) is 47.2 Å². The molecule has 0 radical (unpaired) electrons. The van der Waals surface area contributed by atoms with Gasteiger partial charge in [0.15, 0.2) is 0 Å². The molecule has 0 unspecified atom stereocenters. The van der Waals surface area contributed by atoms with Crippen LogP contribution in [0, 0.1) is 0 Å². The van der Waals surface area contributed by atoms with E-state index in [0.29, 0.717) is 5.96 Å². The Balaban J connectivity index is 2.17. The molecule has 0 saturated heterocycles. The monoisotopic (exact) mass is 289 g/mol. The maximum absolute atomic E-state index is 5.90. The maximum atomic E-state index is 5.90. The minimum atomic E-state index is 0.603. The third-order valence-electron chi connectivity index (χ3n) is 2.71. The molecule has 1 heterocycles. The number of hydrazone groups is 1. The molecular weight excluding hydrogens is 274 g/mol. The van der Waals surface area contributed by atoms with Gasteiger partial charge in [-0.15, -0.1) is 0 Å². The average Bonchev–Trinajstić information content (AvgIpc) is 2.93. The van der Waals surface area contributed by atoms with Gasteiger partial charge >= 0.3 is 0 Å². The van der Waals surface area contributed by atoms with Crippen molar-refractivity contribution in [1.82, 2.24) is 15.3 Å². The molecule has 2 N–H and O–H groups in total. The van der Waals surface area contributed by atoms with Crippen molar-refractivity contribution in [2.75, 3.05) is 14.1 Å². The van der Waals surface area contributed by atoms with Gasteiger partial charge in [-0.25, -0.2) is 5.43 Å². The molecule has 0 aliphatic carbocycles. The molecule has 0 amide bonds. The van der Waals surface area contributed by atoms with Gasteiger partial charge < -0.3 is 9.88 Å². The Bertz CT molecular complexity index is 613. The zero-order valence-electron chi connectivity index (χ0n) is 11.3. The van der Waals surface area contributed by atoms with Crippen molar-refractivity contribution in [2.24, 2.45) is 10.1 Å². The summed E-state index contributed by atoms with van der Waals surface area (Å²) in [5.41, 5.74) is 4.80. The number of halogens is 1. The van der Waals surface area contributed by atoms with Crippen molar-refractivity contribution in [3.05, 3.63) is 53.3 Å². The molecule has 5 nitrogen and oxygen atoms in total. The lowest BCUT2D eigenvalue weighted by atomic mass is 10.3. The van der Waals surface area contributed by atoms with E-state index in [-0.39, 0.29) is 0 Å². The molecule has 104 valence electrons. The van der Waals surface area contributed by atoms with E-state index in [4.69, 9.17) is 11.6 Å². The van der Waals surface area contributed by atoms with Crippen LogP contribution in [0.1, 0.15) is 5.69 Å². The lowest BCUT2D eigenvalue weighted by molar-refractivity contribution is 0.939. The van der Waals surface area contributed by atoms with Crippen molar-refractivity contribution < 1.29 is 0 Å². The molecule has 0 aliphatic heterocycles. The lowest BCUT2D eigenvalue weighted by Crippen LogP contribution is -2.30. The predicted octanol–water partition coefficient (Wildman–Crippen LogP) is 2.26. The number of nitrogens with one attached hydrogen (secondary N) is 2. The summed E-state index contributed by atoms with van der Waals surface area (Å²) in [5, 5.41) is 7.75. The molecule has 1 aromatic carbocycles. The van der Waals surface area contributed by atoms with E-state index in [0.717, 1.165) is 16.4 Å². The first kappa shape index (κ1) is 14.1. The highest BCUT2D eigenvalue weighted by atomic mass is 35.5. The van der Waals surface area contributed by atoms with Crippen LogP contribution in [-0.2, 0) is 0 Å². The summed E-state index contributed by atoms with van der Waals surface area (Å²) >= 11 is 5.90. The third kappa shape index (κ3) is 3.39. The Kier molecular flexibility index (Phi) is 4.79. The molecule has 0 spiro atoms. The summed E-state index contributed by atoms with van der Waals surface area (Å²) in [5.74, 6) is 0.603. The topological polar surface area (TPSA) is 53.7 Å². The van der Waals surface area contributed by atoms with Crippen molar-refractivity contribution in [2.45, 2.75) is 0 Å². The normalized spacial score (nSPS) is 11.8. The second kappa shape index (κ2) is 6.77. The van der Waals surface area contributed by atoms with Crippen LogP contribution >= 0.6 is 11.6 Å². The quantitative estimate of drug-likeness (QED) is 0.517. The van der Waals surface area contributed by atoms with Crippen LogP contribution in [0.15, 0.2) is 52.7 Å². The molecule has 1 aromatic heterocycles. The van der Waals surface area contributed by atoms with Crippen LogP contribution in [0.5, 0.6) is 0 Å². The van der Waals surface area contributed by atoms with Crippen LogP contribution in [0.4, 0.5) is 0 Å². The Morgan fingerprint density at radius 3 is 2.65 bits per heavy atom. The van der Waals surface area contributed by atoms with Gasteiger partial charge in [0.2, 0.25) is 5.96 Å². The summed E-state index contributed by atoms with van der Waals surface area (Å²) in [6.45, 7) is 0. The standard InChI is InChI=1S/C14H16ClN5/c1-16-14(17-2)19-18-10-13-4-3-9-20(13)12-7-5-11(15)6-8-12/h3-10H,1-2H3,(H2,16,17,19). The molecule has 2 aromatic rings. The van der Waals surface area contributed by atoms with Gasteiger partial charge in [-0.05, 0) is 36.4 Å². The Hall–Kier alpha value is -2.27. The van der Waals surface area contributed by atoms with Gasteiger partial charge in [0, 0.05) is 31.0 Å². The molecule has 0 saturated carbocycles. The van der Waals surface area contributed by atoms with Gasteiger partial charge in [-0.2, -0.15) is 5.10 Å². The molecule has 0 aliphatic rings. The molecular formula is C14H16ClN5. The Morgan fingerprint density at radius 2 is 2.00 bits per heavy atom. The summed E-state index contributed by atoms with van der Waals surface area (Å²) < 4.78 is 2.02. The van der Waals surface area contributed by atoms with Gasteiger partial charge in [0.25, 0.3) is 0 Å². The Morgan fingerprint density at radius 1 is 1.25 bits per heavy atom. The van der Waals surface area contributed by atoms with E-state index in [9.17, 15) is 0 Å². The van der Waals surface area contributed by atoms with Crippen LogP contribution in [0.25, 0.3) is 5.69 Å². The van der Waals surface area contributed by atoms with E-state index < -0.39 is 0 Å². The van der Waals surface area contributed by atoms with Gasteiger partial charge in [0.1, 0.15) is 0 Å². The minimum absolute atomic E-state index is 0.603. The first-order valence-electron chi connectivity index (χ1n) is 6.11. The van der Waals surface area contributed by atoms with Crippen LogP contribution < -0.4 is 10.7 Å². The second-order valence-electron chi connectivity index (χ2n) is 3.97. The minimum Gasteiger partial charge on any atom is -0.358 e. The SMILES string of the molecule is CN=C(NC)NN=Cc1cccn1-c1ccc(Cl)cc1. The smallest absolute Gasteiger partial charge is 0.211 e. The van der Waals surface area contributed by atoms with Crippen LogP contribution in [0.3, 0.4) is 0 Å². The zero-order chi connectivity index (χ0) is 14.4. The first-order chi connectivity index (χ1) is 9.74. The summed E-state index contributed by atoms with van der Waals surface area (Å²) in [6, 6.07) is 11.6. The van der Waals surface area contributed by atoms with E-state index in [1.54, 1.807) is 20.3 Å². The number of guanidine groups is 1. The molecule has 0 bridgehead atoms. The highest BCUT2D eigenvalue weighted by Crippen LogP contribution is 2.15. The van der Waals surface area contributed by atoms with Gasteiger partial charge in [0.05, 0.1) is 11.9 Å². The fraction of sp³-hybridized carbons (Fsp3) is 0.143. The number of aliphatic imine (C=N–C) groups is 1. The molecule has 0 fully saturated rings. The predicted molar refractivity (Wildman–Crippen MR) is 83.9 cm³/mol. The fourth-order valence-electron chi connectivity index (χ4n) is 1.71. The van der Waals surface area contributed by atoms with Crippen LogP contribution in [-0.4, -0.2) is 30.8 Å². The third-order valence-corrected chi connectivity index (χ3v) is 2.96. The van der Waals surface area contributed by atoms with Gasteiger partial charge in [-0.1, -0.05) is 11.6 Å². The summed E-state index contributed by atoms with van der Waals surface area (Å²) in [4.78, 5) is 3.97. The average molecular weight is 290 g/mol. The van der Waals surface area contributed by atoms with Crippen molar-refractivity contribution in [3.8, 4) is 5.69 Å². The molecule has 0 atom stereocenters.